The standard InChI is InChI=1S/C17H32N2S/c1-6-13-18-16(12-11-15-10-9-14-20-15)17(7-2,8-3)19(4)5/h9-10,14,16,18H,6-8,11-13H2,1-5H3. The van der Waals surface area contributed by atoms with Crippen molar-refractivity contribution < 1.29 is 0 Å². The largest absolute Gasteiger partial charge is 0.312 e. The predicted molar refractivity (Wildman–Crippen MR) is 91.7 cm³/mol. The molecule has 0 aliphatic carbocycles. The smallest absolute Gasteiger partial charge is 0.0351 e. The van der Waals surface area contributed by atoms with Gasteiger partial charge in [0, 0.05) is 16.5 Å². The number of nitrogens with one attached hydrogen (secondary N) is 1. The van der Waals surface area contributed by atoms with E-state index in [0.29, 0.717) is 6.04 Å². The molecule has 0 bridgehead atoms. The van der Waals surface area contributed by atoms with Gasteiger partial charge in [-0.15, -0.1) is 11.3 Å². The molecule has 1 aromatic heterocycles. The highest BCUT2D eigenvalue weighted by Crippen LogP contribution is 2.29. The maximum Gasteiger partial charge on any atom is 0.0351 e. The highest BCUT2D eigenvalue weighted by Gasteiger charge is 2.36. The molecule has 1 atom stereocenters. The van der Waals surface area contributed by atoms with Crippen LogP contribution < -0.4 is 5.32 Å². The topological polar surface area (TPSA) is 15.3 Å². The van der Waals surface area contributed by atoms with Crippen LogP contribution in [0.3, 0.4) is 0 Å². The molecule has 1 aromatic rings. The SMILES string of the molecule is CCCNC(CCc1cccs1)C(CC)(CC)N(C)C. The molecule has 116 valence electrons. The summed E-state index contributed by atoms with van der Waals surface area (Å²) in [7, 11) is 4.47. The van der Waals surface area contributed by atoms with Gasteiger partial charge in [0.1, 0.15) is 0 Å². The van der Waals surface area contributed by atoms with E-state index in [1.165, 1.54) is 37.0 Å². The zero-order chi connectivity index (χ0) is 15.0. The van der Waals surface area contributed by atoms with Crippen molar-refractivity contribution in [3.63, 3.8) is 0 Å². The number of rotatable bonds is 10. The summed E-state index contributed by atoms with van der Waals surface area (Å²) >= 11 is 1.88. The summed E-state index contributed by atoms with van der Waals surface area (Å²) in [6, 6.07) is 4.99. The lowest BCUT2D eigenvalue weighted by atomic mass is 9.80. The monoisotopic (exact) mass is 296 g/mol. The summed E-state index contributed by atoms with van der Waals surface area (Å²) in [6.45, 7) is 8.02. The second-order valence-electron chi connectivity index (χ2n) is 5.83. The lowest BCUT2D eigenvalue weighted by Crippen LogP contribution is -2.58. The first-order valence-corrected chi connectivity index (χ1v) is 8.91. The number of aryl methyl sites for hydroxylation is 1. The van der Waals surface area contributed by atoms with E-state index in [4.69, 9.17) is 0 Å². The van der Waals surface area contributed by atoms with Crippen LogP contribution in [0.4, 0.5) is 0 Å². The van der Waals surface area contributed by atoms with E-state index in [2.05, 4.69) is 62.6 Å². The third kappa shape index (κ3) is 4.31. The molecule has 2 nitrogen and oxygen atoms in total. The molecule has 1 rings (SSSR count). The van der Waals surface area contributed by atoms with Crippen molar-refractivity contribution in [2.24, 2.45) is 0 Å². The van der Waals surface area contributed by atoms with Crippen LogP contribution in [0, 0.1) is 0 Å². The van der Waals surface area contributed by atoms with Crippen molar-refractivity contribution in [1.82, 2.24) is 10.2 Å². The van der Waals surface area contributed by atoms with Gasteiger partial charge in [0.15, 0.2) is 0 Å². The quantitative estimate of drug-likeness (QED) is 0.697. The maximum absolute atomic E-state index is 3.82. The minimum atomic E-state index is 0.270. The summed E-state index contributed by atoms with van der Waals surface area (Å²) in [5.74, 6) is 0. The summed E-state index contributed by atoms with van der Waals surface area (Å²) < 4.78 is 0. The number of nitrogens with zero attached hydrogens (tertiary/aromatic N) is 1. The summed E-state index contributed by atoms with van der Waals surface area (Å²) in [4.78, 5) is 3.95. The normalized spacial score (nSPS) is 13.9. The number of hydrogen-bond donors (Lipinski definition) is 1. The Labute approximate surface area is 129 Å². The lowest BCUT2D eigenvalue weighted by molar-refractivity contribution is 0.0843. The highest BCUT2D eigenvalue weighted by molar-refractivity contribution is 7.09. The minimum Gasteiger partial charge on any atom is -0.312 e. The zero-order valence-electron chi connectivity index (χ0n) is 13.9. The molecule has 0 saturated carbocycles. The average molecular weight is 297 g/mol. The molecule has 1 N–H and O–H groups in total. The molecule has 0 radical (unpaired) electrons. The molecular weight excluding hydrogens is 264 g/mol. The van der Waals surface area contributed by atoms with Gasteiger partial charge in [-0.25, -0.2) is 0 Å². The predicted octanol–water partition coefficient (Wildman–Crippen LogP) is 4.17. The molecule has 20 heavy (non-hydrogen) atoms. The van der Waals surface area contributed by atoms with Gasteiger partial charge in [0.2, 0.25) is 0 Å². The summed E-state index contributed by atoms with van der Waals surface area (Å²) in [5.41, 5.74) is 0.270. The highest BCUT2D eigenvalue weighted by atomic mass is 32.1. The molecule has 0 aromatic carbocycles. The molecule has 0 spiro atoms. The van der Waals surface area contributed by atoms with E-state index in [1.54, 1.807) is 0 Å². The van der Waals surface area contributed by atoms with Gasteiger partial charge < -0.3 is 10.2 Å². The van der Waals surface area contributed by atoms with Crippen molar-refractivity contribution in [2.45, 2.75) is 64.5 Å². The Morgan fingerprint density at radius 3 is 2.40 bits per heavy atom. The molecule has 0 aliphatic rings. The Morgan fingerprint density at radius 1 is 1.25 bits per heavy atom. The second-order valence-corrected chi connectivity index (χ2v) is 6.86. The minimum absolute atomic E-state index is 0.270. The van der Waals surface area contributed by atoms with Crippen molar-refractivity contribution >= 4 is 11.3 Å². The van der Waals surface area contributed by atoms with Gasteiger partial charge in [-0.2, -0.15) is 0 Å². The summed E-state index contributed by atoms with van der Waals surface area (Å²) in [6.07, 6.45) is 6.01. The van der Waals surface area contributed by atoms with Crippen LogP contribution in [0.25, 0.3) is 0 Å². The van der Waals surface area contributed by atoms with Crippen LogP contribution in [0.15, 0.2) is 17.5 Å². The Bertz CT molecular complexity index is 342. The molecule has 0 fully saturated rings. The maximum atomic E-state index is 3.82. The zero-order valence-corrected chi connectivity index (χ0v) is 14.7. The van der Waals surface area contributed by atoms with Gasteiger partial charge in [-0.3, -0.25) is 0 Å². The Kier molecular flexibility index (Phi) is 7.78. The third-order valence-corrected chi connectivity index (χ3v) is 5.60. The van der Waals surface area contributed by atoms with Gasteiger partial charge >= 0.3 is 0 Å². The van der Waals surface area contributed by atoms with Gasteiger partial charge in [-0.1, -0.05) is 26.8 Å². The number of hydrogen-bond acceptors (Lipinski definition) is 3. The fourth-order valence-electron chi connectivity index (χ4n) is 3.31. The average Bonchev–Trinajstić information content (AvgIpc) is 2.95. The van der Waals surface area contributed by atoms with Crippen LogP contribution in [0.5, 0.6) is 0 Å². The first kappa shape index (κ1) is 17.7. The first-order chi connectivity index (χ1) is 9.60. The molecule has 0 aliphatic heterocycles. The van der Waals surface area contributed by atoms with E-state index in [1.807, 2.05) is 11.3 Å². The molecule has 3 heteroatoms. The first-order valence-electron chi connectivity index (χ1n) is 8.03. The Balaban J connectivity index is 2.79. The second kappa shape index (κ2) is 8.81. The van der Waals surface area contributed by atoms with Crippen molar-refractivity contribution in [3.05, 3.63) is 22.4 Å². The van der Waals surface area contributed by atoms with E-state index in [9.17, 15) is 0 Å². The molecule has 1 unspecified atom stereocenters. The van der Waals surface area contributed by atoms with Gasteiger partial charge in [-0.05, 0) is 64.2 Å². The van der Waals surface area contributed by atoms with Crippen LogP contribution in [-0.2, 0) is 6.42 Å². The lowest BCUT2D eigenvalue weighted by Gasteiger charge is -2.46. The number of thiophene rings is 1. The van der Waals surface area contributed by atoms with Crippen LogP contribution >= 0.6 is 11.3 Å². The van der Waals surface area contributed by atoms with Crippen LogP contribution in [0.1, 0.15) is 51.3 Å². The van der Waals surface area contributed by atoms with E-state index < -0.39 is 0 Å². The van der Waals surface area contributed by atoms with Crippen molar-refractivity contribution in [3.8, 4) is 0 Å². The van der Waals surface area contributed by atoms with E-state index >= 15 is 0 Å². The molecule has 0 saturated heterocycles. The van der Waals surface area contributed by atoms with Gasteiger partial charge in [0.25, 0.3) is 0 Å². The number of likely N-dealkylation sites (N-methyl/N-ethyl adjacent to an activating group) is 1. The fraction of sp³-hybridized carbons (Fsp3) is 0.765. The van der Waals surface area contributed by atoms with Gasteiger partial charge in [0.05, 0.1) is 0 Å². The summed E-state index contributed by atoms with van der Waals surface area (Å²) in [5, 5.41) is 6.00. The fourth-order valence-corrected chi connectivity index (χ4v) is 4.03. The van der Waals surface area contributed by atoms with Crippen molar-refractivity contribution in [1.29, 1.82) is 0 Å². The molecular formula is C17H32N2S. The van der Waals surface area contributed by atoms with Crippen molar-refractivity contribution in [2.75, 3.05) is 20.6 Å². The van der Waals surface area contributed by atoms with E-state index in [0.717, 1.165) is 6.54 Å². The van der Waals surface area contributed by atoms with E-state index in [-0.39, 0.29) is 5.54 Å². The third-order valence-electron chi connectivity index (χ3n) is 4.66. The molecule has 1 heterocycles. The van der Waals surface area contributed by atoms with Crippen LogP contribution in [-0.4, -0.2) is 37.1 Å². The Hall–Kier alpha value is -0.380. The molecule has 0 amide bonds. The van der Waals surface area contributed by atoms with Crippen LogP contribution in [0.2, 0.25) is 0 Å². The Morgan fingerprint density at radius 2 is 1.95 bits per heavy atom.